The predicted octanol–water partition coefficient (Wildman–Crippen LogP) is 4.33. The van der Waals surface area contributed by atoms with E-state index in [4.69, 9.17) is 11.6 Å². The Kier molecular flexibility index (Phi) is 6.71. The highest BCUT2D eigenvalue weighted by Crippen LogP contribution is 2.36. The number of halogens is 1. The summed E-state index contributed by atoms with van der Waals surface area (Å²) in [6.45, 7) is 3.58. The molecule has 0 saturated carbocycles. The Hall–Kier alpha value is -1.87. The molecule has 2 aromatic rings. The van der Waals surface area contributed by atoms with E-state index in [-0.39, 0.29) is 10.3 Å². The van der Waals surface area contributed by atoms with Crippen molar-refractivity contribution in [2.75, 3.05) is 25.9 Å². The molecule has 1 saturated heterocycles. The molecule has 0 unspecified atom stereocenters. The second-order valence-corrected chi connectivity index (χ2v) is 10.8. The largest absolute Gasteiger partial charge is 0.299 e. The number of hydrogen-bond acceptors (Lipinski definition) is 5. The zero-order valence-electron chi connectivity index (χ0n) is 17.3. The average molecular weight is 477 g/mol. The lowest BCUT2D eigenvalue weighted by molar-refractivity contribution is 0.142. The van der Waals surface area contributed by atoms with E-state index >= 15 is 0 Å². The number of amidine groups is 1. The van der Waals surface area contributed by atoms with Gasteiger partial charge < -0.3 is 0 Å². The predicted molar refractivity (Wildman–Crippen MR) is 128 cm³/mol. The van der Waals surface area contributed by atoms with Crippen molar-refractivity contribution in [3.05, 3.63) is 65.2 Å². The molecule has 2 aliphatic heterocycles. The number of sulfonamides is 1. The minimum Gasteiger partial charge on any atom is -0.299 e. The summed E-state index contributed by atoms with van der Waals surface area (Å²) in [6.07, 6.45) is 5.78. The number of nitrogens with zero attached hydrogens (tertiary/aromatic N) is 4. The maximum Gasteiger partial charge on any atom is 0.284 e. The van der Waals surface area contributed by atoms with Gasteiger partial charge in [-0.3, -0.25) is 4.90 Å². The molecule has 9 heteroatoms. The van der Waals surface area contributed by atoms with Gasteiger partial charge in [-0.1, -0.05) is 59.8 Å². The van der Waals surface area contributed by atoms with E-state index in [1.807, 2.05) is 18.5 Å². The van der Waals surface area contributed by atoms with Crippen LogP contribution in [-0.2, 0) is 16.6 Å². The second kappa shape index (κ2) is 9.32. The number of likely N-dealkylation sites (tertiary alicyclic amines) is 1. The molecule has 2 heterocycles. The summed E-state index contributed by atoms with van der Waals surface area (Å²) in [5, 5.41) is 7.00. The van der Waals surface area contributed by atoms with Crippen LogP contribution in [-0.4, -0.2) is 55.6 Å². The van der Waals surface area contributed by atoms with Crippen LogP contribution in [0.4, 0.5) is 0 Å². The van der Waals surface area contributed by atoms with Crippen LogP contribution in [0.1, 0.15) is 18.4 Å². The lowest BCUT2D eigenvalue weighted by Crippen LogP contribution is -2.43. The van der Waals surface area contributed by atoms with Crippen LogP contribution in [0.3, 0.4) is 0 Å². The molecule has 2 aliphatic rings. The molecule has 0 atom stereocenters. The highest BCUT2D eigenvalue weighted by molar-refractivity contribution is 8.13. The molecule has 164 valence electrons. The first-order valence-corrected chi connectivity index (χ1v) is 13.2. The third kappa shape index (κ3) is 5.31. The topological polar surface area (TPSA) is 65.3 Å². The third-order valence-corrected chi connectivity index (χ3v) is 8.01. The van der Waals surface area contributed by atoms with E-state index in [1.54, 1.807) is 17.1 Å². The van der Waals surface area contributed by atoms with Gasteiger partial charge in [0.25, 0.3) is 10.0 Å². The van der Waals surface area contributed by atoms with Crippen LogP contribution in [0.15, 0.2) is 69.0 Å². The van der Waals surface area contributed by atoms with Crippen LogP contribution in [0.25, 0.3) is 0 Å². The van der Waals surface area contributed by atoms with Crippen LogP contribution >= 0.6 is 23.4 Å². The normalized spacial score (nSPS) is 19.3. The van der Waals surface area contributed by atoms with Gasteiger partial charge in [-0.2, -0.15) is 13.5 Å². The Balaban J connectivity index is 1.42. The van der Waals surface area contributed by atoms with Crippen molar-refractivity contribution in [2.45, 2.75) is 24.3 Å². The van der Waals surface area contributed by atoms with Crippen molar-refractivity contribution in [3.63, 3.8) is 0 Å². The Morgan fingerprint density at radius 2 is 1.90 bits per heavy atom. The number of thioether (sulfide) groups is 1. The Morgan fingerprint density at radius 3 is 2.58 bits per heavy atom. The van der Waals surface area contributed by atoms with Crippen LogP contribution in [0.5, 0.6) is 0 Å². The summed E-state index contributed by atoms with van der Waals surface area (Å²) in [5.41, 5.74) is 1.28. The molecule has 31 heavy (non-hydrogen) atoms. The lowest BCUT2D eigenvalue weighted by atomic mass is 9.80. The smallest absolute Gasteiger partial charge is 0.284 e. The van der Waals surface area contributed by atoms with Gasteiger partial charge in [0, 0.05) is 23.2 Å². The number of hydrazone groups is 1. The first kappa shape index (κ1) is 22.3. The molecule has 0 aromatic heterocycles. The van der Waals surface area contributed by atoms with Gasteiger partial charge in [0.15, 0.2) is 5.17 Å². The highest BCUT2D eigenvalue weighted by Gasteiger charge is 2.39. The van der Waals surface area contributed by atoms with Gasteiger partial charge in [-0.05, 0) is 55.9 Å². The van der Waals surface area contributed by atoms with E-state index in [0.29, 0.717) is 16.7 Å². The van der Waals surface area contributed by atoms with Crippen LogP contribution in [0, 0.1) is 5.41 Å². The number of hydrogen-bond donors (Lipinski definition) is 0. The van der Waals surface area contributed by atoms with Gasteiger partial charge >= 0.3 is 0 Å². The maximum absolute atomic E-state index is 12.8. The van der Waals surface area contributed by atoms with E-state index in [0.717, 1.165) is 32.5 Å². The summed E-state index contributed by atoms with van der Waals surface area (Å²) < 4.78 is 29.6. The van der Waals surface area contributed by atoms with Gasteiger partial charge in [0.2, 0.25) is 0 Å². The molecule has 2 aromatic carbocycles. The first-order chi connectivity index (χ1) is 14.9. The Labute approximate surface area is 193 Å². The first-order valence-electron chi connectivity index (χ1n) is 10.1. The maximum atomic E-state index is 12.8. The minimum atomic E-state index is -3.86. The van der Waals surface area contributed by atoms with Gasteiger partial charge in [-0.25, -0.2) is 5.01 Å². The molecule has 0 N–H and O–H groups in total. The summed E-state index contributed by atoms with van der Waals surface area (Å²) in [4.78, 5) is 2.54. The molecule has 1 fully saturated rings. The molecular weight excluding hydrogens is 452 g/mol. The quantitative estimate of drug-likeness (QED) is 0.485. The fourth-order valence-electron chi connectivity index (χ4n) is 3.95. The van der Waals surface area contributed by atoms with Crippen LogP contribution in [0.2, 0.25) is 5.02 Å². The van der Waals surface area contributed by atoms with Gasteiger partial charge in [0.05, 0.1) is 11.4 Å². The molecule has 0 amide bonds. The van der Waals surface area contributed by atoms with Crippen molar-refractivity contribution in [2.24, 2.45) is 14.9 Å². The number of rotatable bonds is 4. The molecule has 0 aliphatic carbocycles. The van der Waals surface area contributed by atoms with Crippen LogP contribution < -0.4 is 0 Å². The lowest BCUT2D eigenvalue weighted by Gasteiger charge is -2.37. The van der Waals surface area contributed by atoms with Gasteiger partial charge in [0.1, 0.15) is 0 Å². The summed E-state index contributed by atoms with van der Waals surface area (Å²) in [5.74, 6) is 0. The standard InChI is InChI=1S/C22H25ClN4O2S2/c1-30-21(25-31(28,29)20-9-5-8-19(23)14-20)27-17-22(16-24-27)10-12-26(13-11-22)15-18-6-3-2-4-7-18/h2-9,14,16H,10-13,15,17H2,1H3/b25-21-. The van der Waals surface area contributed by atoms with E-state index in [9.17, 15) is 8.42 Å². The molecular formula is C22H25ClN4O2S2. The van der Waals surface area contributed by atoms with Crippen molar-refractivity contribution in [3.8, 4) is 0 Å². The summed E-state index contributed by atoms with van der Waals surface area (Å²) >= 11 is 7.23. The number of piperidine rings is 1. The van der Waals surface area contributed by atoms with Crippen molar-refractivity contribution < 1.29 is 8.42 Å². The number of benzene rings is 2. The monoisotopic (exact) mass is 476 g/mol. The summed E-state index contributed by atoms with van der Waals surface area (Å²) in [6, 6.07) is 16.7. The fourth-order valence-corrected chi connectivity index (χ4v) is 6.05. The Bertz CT molecular complexity index is 1080. The van der Waals surface area contributed by atoms with E-state index in [1.165, 1.54) is 29.5 Å². The molecule has 0 radical (unpaired) electrons. The van der Waals surface area contributed by atoms with Crippen molar-refractivity contribution in [1.82, 2.24) is 9.91 Å². The van der Waals surface area contributed by atoms with Crippen molar-refractivity contribution >= 4 is 44.8 Å². The Morgan fingerprint density at radius 1 is 1.16 bits per heavy atom. The SMILES string of the molecule is CS/C(=N\S(=O)(=O)c1cccc(Cl)c1)N1CC2(C=N1)CCN(Cc1ccccc1)CC2. The van der Waals surface area contributed by atoms with Crippen molar-refractivity contribution in [1.29, 1.82) is 0 Å². The van der Waals surface area contributed by atoms with E-state index in [2.05, 4.69) is 38.7 Å². The zero-order valence-corrected chi connectivity index (χ0v) is 19.7. The molecule has 4 rings (SSSR count). The third-order valence-electron chi connectivity index (χ3n) is 5.73. The fraction of sp³-hybridized carbons (Fsp3) is 0.364. The zero-order chi connectivity index (χ0) is 21.9. The van der Waals surface area contributed by atoms with E-state index < -0.39 is 10.0 Å². The highest BCUT2D eigenvalue weighted by atomic mass is 35.5. The van der Waals surface area contributed by atoms with Gasteiger partial charge in [-0.15, -0.1) is 4.40 Å². The molecule has 6 nitrogen and oxygen atoms in total. The second-order valence-electron chi connectivity index (χ2n) is 7.94. The molecule has 1 spiro atoms. The minimum absolute atomic E-state index is 0.0382. The molecule has 0 bridgehead atoms. The average Bonchev–Trinajstić information content (AvgIpc) is 3.18. The summed E-state index contributed by atoms with van der Waals surface area (Å²) in [7, 11) is -3.86.